The van der Waals surface area contributed by atoms with Crippen molar-refractivity contribution in [1.82, 2.24) is 20.1 Å². The maximum atomic E-state index is 5.63. The minimum atomic E-state index is 0.658. The summed E-state index contributed by atoms with van der Waals surface area (Å²) >= 11 is 0. The first kappa shape index (κ1) is 13.1. The number of benzene rings is 1. The predicted molar refractivity (Wildman–Crippen MR) is 76.6 cm³/mol. The van der Waals surface area contributed by atoms with Gasteiger partial charge in [-0.3, -0.25) is 0 Å². The topological polar surface area (TPSA) is 52.0 Å². The highest BCUT2D eigenvalue weighted by molar-refractivity contribution is 5.20. The molecule has 0 fully saturated rings. The number of aromatic nitrogens is 3. The van der Waals surface area contributed by atoms with Crippen molar-refractivity contribution in [3.8, 4) is 5.75 Å². The first-order valence-corrected chi connectivity index (χ1v) is 7.23. The standard InChI is InChI=1S/C15H20N4O/c1-2-6-13(7-3-1)20-11-9-16-12-15-18-17-14-8-4-5-10-19(14)15/h1-3,6-7,16H,4-5,8-12H2. The van der Waals surface area contributed by atoms with E-state index in [0.29, 0.717) is 6.61 Å². The van der Waals surface area contributed by atoms with E-state index in [1.54, 1.807) is 0 Å². The molecule has 106 valence electrons. The molecular weight excluding hydrogens is 252 g/mol. The SMILES string of the molecule is c1ccc(OCCNCc2nnc3n2CCCC3)cc1. The average Bonchev–Trinajstić information content (AvgIpc) is 2.91. The van der Waals surface area contributed by atoms with Crippen molar-refractivity contribution < 1.29 is 4.74 Å². The number of para-hydroxylation sites is 1. The van der Waals surface area contributed by atoms with E-state index in [4.69, 9.17) is 4.74 Å². The third kappa shape index (κ3) is 3.17. The van der Waals surface area contributed by atoms with E-state index in [9.17, 15) is 0 Å². The van der Waals surface area contributed by atoms with E-state index >= 15 is 0 Å². The third-order valence-corrected chi connectivity index (χ3v) is 3.51. The monoisotopic (exact) mass is 272 g/mol. The summed E-state index contributed by atoms with van der Waals surface area (Å²) in [7, 11) is 0. The van der Waals surface area contributed by atoms with Crippen LogP contribution in [0, 0.1) is 0 Å². The second kappa shape index (κ2) is 6.52. The fourth-order valence-corrected chi connectivity index (χ4v) is 2.46. The Hall–Kier alpha value is -1.88. The van der Waals surface area contributed by atoms with Crippen LogP contribution in [-0.4, -0.2) is 27.9 Å². The van der Waals surface area contributed by atoms with Gasteiger partial charge in [0.2, 0.25) is 0 Å². The van der Waals surface area contributed by atoms with Crippen LogP contribution in [0.25, 0.3) is 0 Å². The molecule has 0 spiro atoms. The minimum Gasteiger partial charge on any atom is -0.492 e. The average molecular weight is 272 g/mol. The number of nitrogens with one attached hydrogen (secondary N) is 1. The van der Waals surface area contributed by atoms with Crippen LogP contribution in [-0.2, 0) is 19.5 Å². The molecule has 5 nitrogen and oxygen atoms in total. The Morgan fingerprint density at radius 1 is 1.15 bits per heavy atom. The summed E-state index contributed by atoms with van der Waals surface area (Å²) in [6.45, 7) is 3.27. The molecule has 3 rings (SSSR count). The highest BCUT2D eigenvalue weighted by Gasteiger charge is 2.14. The van der Waals surface area contributed by atoms with Gasteiger partial charge in [0.15, 0.2) is 0 Å². The molecule has 0 saturated carbocycles. The molecule has 0 saturated heterocycles. The summed E-state index contributed by atoms with van der Waals surface area (Å²) in [4.78, 5) is 0. The number of aryl methyl sites for hydroxylation is 1. The van der Waals surface area contributed by atoms with Crippen LogP contribution < -0.4 is 10.1 Å². The number of hydrogen-bond acceptors (Lipinski definition) is 4. The molecule has 0 aliphatic carbocycles. The summed E-state index contributed by atoms with van der Waals surface area (Å²) in [5.41, 5.74) is 0. The van der Waals surface area contributed by atoms with Gasteiger partial charge in [0.05, 0.1) is 6.54 Å². The Balaban J connectivity index is 1.41. The first-order chi connectivity index (χ1) is 9.93. The molecule has 0 atom stereocenters. The van der Waals surface area contributed by atoms with Gasteiger partial charge in [-0.15, -0.1) is 10.2 Å². The molecule has 0 bridgehead atoms. The van der Waals surface area contributed by atoms with Gasteiger partial charge in [-0.05, 0) is 25.0 Å². The van der Waals surface area contributed by atoms with Gasteiger partial charge in [0.1, 0.15) is 24.0 Å². The lowest BCUT2D eigenvalue weighted by atomic mass is 10.2. The van der Waals surface area contributed by atoms with Crippen molar-refractivity contribution in [2.45, 2.75) is 32.4 Å². The summed E-state index contributed by atoms with van der Waals surface area (Å²) < 4.78 is 7.88. The van der Waals surface area contributed by atoms with E-state index in [1.807, 2.05) is 30.3 Å². The summed E-state index contributed by atoms with van der Waals surface area (Å²) in [6.07, 6.45) is 3.52. The lowest BCUT2D eigenvalue weighted by Crippen LogP contribution is -2.23. The van der Waals surface area contributed by atoms with Crippen LogP contribution in [0.4, 0.5) is 0 Å². The number of nitrogens with zero attached hydrogens (tertiary/aromatic N) is 3. The zero-order valence-electron chi connectivity index (χ0n) is 11.6. The van der Waals surface area contributed by atoms with Crippen molar-refractivity contribution in [3.63, 3.8) is 0 Å². The van der Waals surface area contributed by atoms with Gasteiger partial charge in [0.25, 0.3) is 0 Å². The maximum absolute atomic E-state index is 5.63. The smallest absolute Gasteiger partial charge is 0.147 e. The first-order valence-electron chi connectivity index (χ1n) is 7.23. The molecule has 1 aliphatic heterocycles. The molecule has 1 aliphatic rings. The fraction of sp³-hybridized carbons (Fsp3) is 0.467. The number of rotatable bonds is 6. The van der Waals surface area contributed by atoms with Crippen molar-refractivity contribution in [3.05, 3.63) is 42.0 Å². The largest absolute Gasteiger partial charge is 0.492 e. The van der Waals surface area contributed by atoms with E-state index in [1.165, 1.54) is 12.8 Å². The molecule has 2 heterocycles. The number of hydrogen-bond donors (Lipinski definition) is 1. The second-order valence-electron chi connectivity index (χ2n) is 4.98. The van der Waals surface area contributed by atoms with Gasteiger partial charge < -0.3 is 14.6 Å². The zero-order valence-corrected chi connectivity index (χ0v) is 11.6. The highest BCUT2D eigenvalue weighted by Crippen LogP contribution is 2.13. The molecule has 5 heteroatoms. The van der Waals surface area contributed by atoms with E-state index < -0.39 is 0 Å². The van der Waals surface area contributed by atoms with Crippen LogP contribution in [0.5, 0.6) is 5.75 Å². The summed E-state index contributed by atoms with van der Waals surface area (Å²) in [5.74, 6) is 3.09. The fourth-order valence-electron chi connectivity index (χ4n) is 2.46. The van der Waals surface area contributed by atoms with Crippen LogP contribution in [0.15, 0.2) is 30.3 Å². The molecular formula is C15H20N4O. The van der Waals surface area contributed by atoms with Crippen molar-refractivity contribution in [1.29, 1.82) is 0 Å². The normalized spacial score (nSPS) is 14.0. The minimum absolute atomic E-state index is 0.658. The summed E-state index contributed by atoms with van der Waals surface area (Å²) in [5, 5.41) is 11.9. The molecule has 20 heavy (non-hydrogen) atoms. The van der Waals surface area contributed by atoms with Gasteiger partial charge >= 0.3 is 0 Å². The Kier molecular flexibility index (Phi) is 4.28. The van der Waals surface area contributed by atoms with E-state index in [0.717, 1.165) is 43.5 Å². The second-order valence-corrected chi connectivity index (χ2v) is 4.98. The van der Waals surface area contributed by atoms with E-state index in [2.05, 4.69) is 20.1 Å². The molecule has 0 radical (unpaired) electrons. The number of ether oxygens (including phenoxy) is 1. The van der Waals surface area contributed by atoms with Crippen LogP contribution in [0.2, 0.25) is 0 Å². The number of fused-ring (bicyclic) bond motifs is 1. The quantitative estimate of drug-likeness (QED) is 0.814. The van der Waals surface area contributed by atoms with Gasteiger partial charge in [0, 0.05) is 19.5 Å². The van der Waals surface area contributed by atoms with Crippen molar-refractivity contribution in [2.75, 3.05) is 13.2 Å². The van der Waals surface area contributed by atoms with Crippen LogP contribution in [0.1, 0.15) is 24.5 Å². The maximum Gasteiger partial charge on any atom is 0.147 e. The summed E-state index contributed by atoms with van der Waals surface area (Å²) in [6, 6.07) is 9.87. The Morgan fingerprint density at radius 2 is 2.05 bits per heavy atom. The molecule has 1 N–H and O–H groups in total. The Morgan fingerprint density at radius 3 is 2.95 bits per heavy atom. The Bertz CT molecular complexity index is 538. The highest BCUT2D eigenvalue weighted by atomic mass is 16.5. The molecule has 2 aromatic rings. The van der Waals surface area contributed by atoms with Gasteiger partial charge in [-0.25, -0.2) is 0 Å². The van der Waals surface area contributed by atoms with Crippen molar-refractivity contribution >= 4 is 0 Å². The van der Waals surface area contributed by atoms with Gasteiger partial charge in [-0.1, -0.05) is 18.2 Å². The lowest BCUT2D eigenvalue weighted by Gasteiger charge is -2.14. The molecule has 0 amide bonds. The molecule has 1 aromatic carbocycles. The zero-order chi connectivity index (χ0) is 13.6. The third-order valence-electron chi connectivity index (χ3n) is 3.51. The van der Waals surface area contributed by atoms with Crippen LogP contribution >= 0.6 is 0 Å². The van der Waals surface area contributed by atoms with Crippen molar-refractivity contribution in [2.24, 2.45) is 0 Å². The molecule has 1 aromatic heterocycles. The van der Waals surface area contributed by atoms with E-state index in [-0.39, 0.29) is 0 Å². The molecule has 0 unspecified atom stereocenters. The lowest BCUT2D eigenvalue weighted by molar-refractivity contribution is 0.312. The Labute approximate surface area is 119 Å². The van der Waals surface area contributed by atoms with Crippen LogP contribution in [0.3, 0.4) is 0 Å². The predicted octanol–water partition coefficient (Wildman–Crippen LogP) is 1.78. The van der Waals surface area contributed by atoms with Gasteiger partial charge in [-0.2, -0.15) is 0 Å².